The highest BCUT2D eigenvalue weighted by molar-refractivity contribution is 5.74. The van der Waals surface area contributed by atoms with E-state index in [1.807, 2.05) is 0 Å². The van der Waals surface area contributed by atoms with E-state index in [9.17, 15) is 4.79 Å². The Labute approximate surface area is 59.5 Å². The summed E-state index contributed by atoms with van der Waals surface area (Å²) in [6.45, 7) is 2.38. The Morgan fingerprint density at radius 3 is 2.50 bits per heavy atom. The Morgan fingerprint density at radius 2 is 2.40 bits per heavy atom. The van der Waals surface area contributed by atoms with Gasteiger partial charge in [-0.05, 0) is 6.92 Å². The number of rotatable bonds is 2. The Morgan fingerprint density at radius 1 is 1.90 bits per heavy atom. The van der Waals surface area contributed by atoms with Crippen LogP contribution in [0.4, 0.5) is 0 Å². The number of amides is 1. The van der Waals surface area contributed by atoms with Crippen LogP contribution in [-0.2, 0) is 4.79 Å². The van der Waals surface area contributed by atoms with Crippen molar-refractivity contribution >= 4 is 5.91 Å². The molecular weight excluding hydrogens is 132 g/mol. The van der Waals surface area contributed by atoms with Crippen LogP contribution in [0.1, 0.15) is 13.8 Å². The fraction of sp³-hybridized carbons (Fsp3) is 0.667. The number of aliphatic hydroxyl groups is 1. The van der Waals surface area contributed by atoms with E-state index in [4.69, 9.17) is 10.4 Å². The average molecular weight is 142 g/mol. The number of carbonyl (C=O) groups is 1. The summed E-state index contributed by atoms with van der Waals surface area (Å²) in [5.41, 5.74) is -1.13. The van der Waals surface area contributed by atoms with Crippen molar-refractivity contribution in [2.24, 2.45) is 0 Å². The minimum atomic E-state index is -1.13. The lowest BCUT2D eigenvalue weighted by molar-refractivity contribution is -0.120. The van der Waals surface area contributed by atoms with E-state index in [0.717, 1.165) is 0 Å². The van der Waals surface area contributed by atoms with E-state index in [2.05, 4.69) is 5.32 Å². The van der Waals surface area contributed by atoms with Gasteiger partial charge in [-0.25, -0.2) is 0 Å². The van der Waals surface area contributed by atoms with Crippen LogP contribution in [0.2, 0.25) is 0 Å². The van der Waals surface area contributed by atoms with E-state index in [1.54, 1.807) is 6.07 Å². The predicted octanol–water partition coefficient (Wildman–Crippen LogP) is -0.603. The SMILES string of the molecule is CC(=O)NC(C)(C#N)CO. The molecule has 0 aliphatic rings. The van der Waals surface area contributed by atoms with Gasteiger partial charge >= 0.3 is 0 Å². The number of nitriles is 1. The molecule has 0 spiro atoms. The molecule has 0 aliphatic carbocycles. The first kappa shape index (κ1) is 8.92. The normalized spacial score (nSPS) is 15.0. The molecule has 0 rings (SSSR count). The molecule has 4 nitrogen and oxygen atoms in total. The maximum atomic E-state index is 10.4. The summed E-state index contributed by atoms with van der Waals surface area (Å²) in [5.74, 6) is -0.321. The first-order valence-corrected chi connectivity index (χ1v) is 2.85. The first-order chi connectivity index (χ1) is 4.54. The van der Waals surface area contributed by atoms with Gasteiger partial charge in [0, 0.05) is 6.92 Å². The number of carbonyl (C=O) groups excluding carboxylic acids is 1. The number of nitrogens with zero attached hydrogens (tertiary/aromatic N) is 1. The number of hydrogen-bond donors (Lipinski definition) is 2. The molecule has 56 valence electrons. The molecule has 1 atom stereocenters. The summed E-state index contributed by atoms with van der Waals surface area (Å²) >= 11 is 0. The van der Waals surface area contributed by atoms with Gasteiger partial charge in [0.15, 0.2) is 0 Å². The Hall–Kier alpha value is -1.08. The van der Waals surface area contributed by atoms with Crippen molar-refractivity contribution in [1.82, 2.24) is 5.32 Å². The van der Waals surface area contributed by atoms with Gasteiger partial charge in [0.2, 0.25) is 5.91 Å². The van der Waals surface area contributed by atoms with Gasteiger partial charge in [0.25, 0.3) is 0 Å². The second-order valence-corrected chi connectivity index (χ2v) is 2.28. The fourth-order valence-electron chi connectivity index (χ4n) is 0.491. The van der Waals surface area contributed by atoms with Gasteiger partial charge in [0.05, 0.1) is 12.7 Å². The topological polar surface area (TPSA) is 73.1 Å². The Bertz CT molecular complexity index is 173. The molecule has 4 heteroatoms. The van der Waals surface area contributed by atoms with Crippen molar-refractivity contribution in [1.29, 1.82) is 5.26 Å². The molecule has 0 bridgehead atoms. The second-order valence-electron chi connectivity index (χ2n) is 2.28. The minimum Gasteiger partial charge on any atom is -0.393 e. The molecule has 0 radical (unpaired) electrons. The van der Waals surface area contributed by atoms with Crippen LogP contribution in [0.3, 0.4) is 0 Å². The average Bonchev–Trinajstić information content (AvgIpc) is 1.87. The van der Waals surface area contributed by atoms with Crippen LogP contribution < -0.4 is 5.32 Å². The van der Waals surface area contributed by atoms with Crippen molar-refractivity contribution in [3.8, 4) is 6.07 Å². The molecule has 0 saturated carbocycles. The third-order valence-electron chi connectivity index (χ3n) is 1.01. The first-order valence-electron chi connectivity index (χ1n) is 2.85. The smallest absolute Gasteiger partial charge is 0.218 e. The molecule has 0 aliphatic heterocycles. The van der Waals surface area contributed by atoms with Crippen molar-refractivity contribution in [2.75, 3.05) is 6.61 Å². The zero-order valence-electron chi connectivity index (χ0n) is 6.01. The van der Waals surface area contributed by atoms with Gasteiger partial charge in [-0.15, -0.1) is 0 Å². The number of nitrogens with one attached hydrogen (secondary N) is 1. The predicted molar refractivity (Wildman–Crippen MR) is 34.9 cm³/mol. The lowest BCUT2D eigenvalue weighted by Gasteiger charge is -2.18. The molecular formula is C6H10N2O2. The van der Waals surface area contributed by atoms with Gasteiger partial charge < -0.3 is 10.4 Å². The highest BCUT2D eigenvalue weighted by Gasteiger charge is 2.22. The quantitative estimate of drug-likeness (QED) is 0.540. The molecule has 10 heavy (non-hydrogen) atoms. The molecule has 0 aromatic carbocycles. The van der Waals surface area contributed by atoms with Crippen molar-refractivity contribution < 1.29 is 9.90 Å². The minimum absolute atomic E-state index is 0.321. The largest absolute Gasteiger partial charge is 0.393 e. The van der Waals surface area contributed by atoms with Gasteiger partial charge in [-0.3, -0.25) is 4.79 Å². The third kappa shape index (κ3) is 2.46. The van der Waals surface area contributed by atoms with E-state index >= 15 is 0 Å². The number of hydrogen-bond acceptors (Lipinski definition) is 3. The Kier molecular flexibility index (Phi) is 2.84. The maximum absolute atomic E-state index is 10.4. The summed E-state index contributed by atoms with van der Waals surface area (Å²) in [6.07, 6.45) is 0. The summed E-state index contributed by atoms with van der Waals surface area (Å²) in [7, 11) is 0. The highest BCUT2D eigenvalue weighted by atomic mass is 16.3. The van der Waals surface area contributed by atoms with Gasteiger partial charge in [0.1, 0.15) is 5.54 Å². The van der Waals surface area contributed by atoms with Crippen molar-refractivity contribution in [2.45, 2.75) is 19.4 Å². The van der Waals surface area contributed by atoms with Crippen LogP contribution >= 0.6 is 0 Å². The molecule has 0 aromatic rings. The van der Waals surface area contributed by atoms with E-state index < -0.39 is 5.54 Å². The molecule has 1 amide bonds. The zero-order valence-corrected chi connectivity index (χ0v) is 6.01. The standard InChI is InChI=1S/C6H10N2O2/c1-5(10)8-6(2,3-7)4-9/h9H,4H2,1-2H3,(H,8,10). The van der Waals surface area contributed by atoms with Crippen LogP contribution in [0, 0.1) is 11.3 Å². The summed E-state index contributed by atoms with van der Waals surface area (Å²) < 4.78 is 0. The molecule has 1 unspecified atom stereocenters. The van der Waals surface area contributed by atoms with E-state index in [-0.39, 0.29) is 12.5 Å². The van der Waals surface area contributed by atoms with Crippen molar-refractivity contribution in [3.05, 3.63) is 0 Å². The van der Waals surface area contributed by atoms with Gasteiger partial charge in [-0.2, -0.15) is 5.26 Å². The maximum Gasteiger partial charge on any atom is 0.218 e. The molecule has 0 aromatic heterocycles. The molecule has 0 heterocycles. The summed E-state index contributed by atoms with van der Waals surface area (Å²) in [6, 6.07) is 1.78. The summed E-state index contributed by atoms with van der Waals surface area (Å²) in [5, 5.41) is 19.3. The molecule has 0 fully saturated rings. The lowest BCUT2D eigenvalue weighted by atomic mass is 10.1. The van der Waals surface area contributed by atoms with Crippen molar-refractivity contribution in [3.63, 3.8) is 0 Å². The van der Waals surface area contributed by atoms with Gasteiger partial charge in [-0.1, -0.05) is 0 Å². The van der Waals surface area contributed by atoms with Crippen LogP contribution in [-0.4, -0.2) is 23.2 Å². The number of aliphatic hydroxyl groups excluding tert-OH is 1. The summed E-state index contributed by atoms with van der Waals surface area (Å²) in [4.78, 5) is 10.4. The third-order valence-corrected chi connectivity index (χ3v) is 1.01. The van der Waals surface area contributed by atoms with E-state index in [0.29, 0.717) is 0 Å². The van der Waals surface area contributed by atoms with E-state index in [1.165, 1.54) is 13.8 Å². The van der Waals surface area contributed by atoms with Crippen LogP contribution in [0.5, 0.6) is 0 Å². The lowest BCUT2D eigenvalue weighted by Crippen LogP contribution is -2.46. The zero-order chi connectivity index (χ0) is 8.20. The molecule has 2 N–H and O–H groups in total. The monoisotopic (exact) mass is 142 g/mol. The van der Waals surface area contributed by atoms with Crippen LogP contribution in [0.15, 0.2) is 0 Å². The fourth-order valence-corrected chi connectivity index (χ4v) is 0.491. The molecule has 0 saturated heterocycles. The van der Waals surface area contributed by atoms with Crippen LogP contribution in [0.25, 0.3) is 0 Å². The highest BCUT2D eigenvalue weighted by Crippen LogP contribution is 1.98. The Balaban J connectivity index is 4.10. The second kappa shape index (κ2) is 3.18.